The van der Waals surface area contributed by atoms with Gasteiger partial charge in [-0.25, -0.2) is 0 Å². The number of rotatable bonds is 6. The van der Waals surface area contributed by atoms with Crippen LogP contribution in [0.15, 0.2) is 60.2 Å². The van der Waals surface area contributed by atoms with Gasteiger partial charge in [0.05, 0.1) is 25.3 Å². The van der Waals surface area contributed by atoms with Crippen molar-refractivity contribution in [1.29, 1.82) is 0 Å². The summed E-state index contributed by atoms with van der Waals surface area (Å²) in [4.78, 5) is 26.8. The number of ketones is 1. The molecule has 1 aliphatic heterocycles. The molecule has 2 aromatic rings. The van der Waals surface area contributed by atoms with E-state index < -0.39 is 17.7 Å². The lowest BCUT2D eigenvalue weighted by Crippen LogP contribution is -2.32. The van der Waals surface area contributed by atoms with Crippen LogP contribution in [0, 0.1) is 0 Å². The van der Waals surface area contributed by atoms with E-state index in [9.17, 15) is 14.7 Å². The molecule has 0 saturated carbocycles. The molecule has 1 saturated heterocycles. The van der Waals surface area contributed by atoms with Gasteiger partial charge in [-0.1, -0.05) is 42.5 Å². The van der Waals surface area contributed by atoms with Crippen LogP contribution in [0.3, 0.4) is 0 Å². The van der Waals surface area contributed by atoms with E-state index in [1.807, 2.05) is 6.07 Å². The maximum absolute atomic E-state index is 12.8. The van der Waals surface area contributed by atoms with Gasteiger partial charge in [0, 0.05) is 19.2 Å². The topological polar surface area (TPSA) is 76.1 Å². The van der Waals surface area contributed by atoms with Gasteiger partial charge in [-0.05, 0) is 17.7 Å². The highest BCUT2D eigenvalue weighted by molar-refractivity contribution is 6.46. The van der Waals surface area contributed by atoms with Crippen molar-refractivity contribution in [2.75, 3.05) is 27.4 Å². The molecule has 1 heterocycles. The van der Waals surface area contributed by atoms with E-state index in [1.165, 1.54) is 12.0 Å². The Bertz CT molecular complexity index is 875. The maximum Gasteiger partial charge on any atom is 0.295 e. The number of hydrogen-bond acceptors (Lipinski definition) is 5. The predicted octanol–water partition coefficient (Wildman–Crippen LogP) is 2.76. The highest BCUT2D eigenvalue weighted by Crippen LogP contribution is 2.39. The van der Waals surface area contributed by atoms with Crippen molar-refractivity contribution in [3.05, 3.63) is 71.3 Å². The Balaban J connectivity index is 2.16. The first kappa shape index (κ1) is 18.7. The minimum absolute atomic E-state index is 0.0653. The number of ether oxygens (including phenoxy) is 2. The lowest BCUT2D eigenvalue weighted by Gasteiger charge is -2.25. The zero-order valence-corrected chi connectivity index (χ0v) is 15.2. The Morgan fingerprint density at radius 2 is 1.81 bits per heavy atom. The Morgan fingerprint density at radius 1 is 1.07 bits per heavy atom. The largest absolute Gasteiger partial charge is 0.507 e. The lowest BCUT2D eigenvalue weighted by atomic mass is 9.95. The third kappa shape index (κ3) is 3.57. The molecule has 1 aliphatic rings. The third-order valence-corrected chi connectivity index (χ3v) is 4.53. The summed E-state index contributed by atoms with van der Waals surface area (Å²) < 4.78 is 10.4. The number of amides is 1. The minimum atomic E-state index is -0.713. The molecule has 1 amide bonds. The Morgan fingerprint density at radius 3 is 2.48 bits per heavy atom. The summed E-state index contributed by atoms with van der Waals surface area (Å²) >= 11 is 0. The summed E-state index contributed by atoms with van der Waals surface area (Å²) in [5.74, 6) is -0.955. The second-order valence-corrected chi connectivity index (χ2v) is 6.13. The lowest BCUT2D eigenvalue weighted by molar-refractivity contribution is -0.140. The molecule has 3 rings (SSSR count). The van der Waals surface area contributed by atoms with Gasteiger partial charge in [0.1, 0.15) is 11.5 Å². The molecule has 6 nitrogen and oxygen atoms in total. The van der Waals surface area contributed by atoms with Gasteiger partial charge < -0.3 is 19.5 Å². The van der Waals surface area contributed by atoms with Crippen molar-refractivity contribution in [2.45, 2.75) is 6.04 Å². The average Bonchev–Trinajstić information content (AvgIpc) is 2.97. The summed E-state index contributed by atoms with van der Waals surface area (Å²) in [6.07, 6.45) is 0. The van der Waals surface area contributed by atoms with Gasteiger partial charge in [0.2, 0.25) is 0 Å². The molecule has 0 aliphatic carbocycles. The summed E-state index contributed by atoms with van der Waals surface area (Å²) in [5, 5.41) is 10.8. The number of aliphatic hydroxyl groups excluding tert-OH is 1. The Hall–Kier alpha value is -3.12. The molecule has 140 valence electrons. The van der Waals surface area contributed by atoms with Crippen molar-refractivity contribution >= 4 is 17.4 Å². The molecular weight excluding hydrogens is 346 g/mol. The number of carbonyl (C=O) groups excluding carboxylic acids is 2. The normalized spacial score (nSPS) is 18.7. The summed E-state index contributed by atoms with van der Waals surface area (Å²) in [5.41, 5.74) is 1.23. The average molecular weight is 367 g/mol. The fraction of sp³-hybridized carbons (Fsp3) is 0.238. The molecule has 2 aromatic carbocycles. The second kappa shape index (κ2) is 8.05. The molecule has 1 fully saturated rings. The van der Waals surface area contributed by atoms with E-state index in [2.05, 4.69) is 0 Å². The molecule has 0 radical (unpaired) electrons. The number of likely N-dealkylation sites (tertiary alicyclic amines) is 1. The number of nitrogens with zero attached hydrogens (tertiary/aromatic N) is 1. The Labute approximate surface area is 157 Å². The number of methoxy groups -OCH3 is 2. The molecule has 0 spiro atoms. The van der Waals surface area contributed by atoms with Crippen molar-refractivity contribution in [3.63, 3.8) is 0 Å². The molecule has 0 unspecified atom stereocenters. The Kier molecular flexibility index (Phi) is 5.57. The van der Waals surface area contributed by atoms with Crippen LogP contribution in [0.5, 0.6) is 5.75 Å². The summed E-state index contributed by atoms with van der Waals surface area (Å²) in [6.45, 7) is 0.507. The van der Waals surface area contributed by atoms with Gasteiger partial charge in [0.15, 0.2) is 0 Å². The van der Waals surface area contributed by atoms with Crippen molar-refractivity contribution in [3.8, 4) is 5.75 Å². The quantitative estimate of drug-likeness (QED) is 0.483. The predicted molar refractivity (Wildman–Crippen MR) is 100 cm³/mol. The van der Waals surface area contributed by atoms with E-state index in [4.69, 9.17) is 9.47 Å². The third-order valence-electron chi connectivity index (χ3n) is 4.53. The number of carbonyl (C=O) groups is 2. The van der Waals surface area contributed by atoms with Crippen LogP contribution in [0.1, 0.15) is 17.2 Å². The first-order valence-corrected chi connectivity index (χ1v) is 8.55. The molecule has 1 atom stereocenters. The fourth-order valence-corrected chi connectivity index (χ4v) is 3.21. The van der Waals surface area contributed by atoms with E-state index in [1.54, 1.807) is 55.6 Å². The minimum Gasteiger partial charge on any atom is -0.507 e. The van der Waals surface area contributed by atoms with Crippen LogP contribution in [0.4, 0.5) is 0 Å². The SMILES string of the molecule is COCCN1C(=O)C(=O)/C(=C(/O)c2ccccc2)[C@H]1c1cccc(OC)c1. The summed E-state index contributed by atoms with van der Waals surface area (Å²) in [7, 11) is 3.08. The molecule has 6 heteroatoms. The number of Topliss-reactive ketones (excluding diaryl/α,β-unsaturated/α-hetero) is 1. The second-order valence-electron chi connectivity index (χ2n) is 6.13. The number of hydrogen-bond donors (Lipinski definition) is 1. The molecular formula is C21H21NO5. The standard InChI is InChI=1S/C21H21NO5/c1-26-12-11-22-18(15-9-6-10-16(13-15)27-2)17(20(24)21(22)25)19(23)14-7-4-3-5-8-14/h3-10,13,18,23H,11-12H2,1-2H3/b19-17+/t18-/m1/s1. The van der Waals surface area contributed by atoms with Crippen LogP contribution in [0.2, 0.25) is 0 Å². The first-order chi connectivity index (χ1) is 13.1. The van der Waals surface area contributed by atoms with Gasteiger partial charge in [0.25, 0.3) is 11.7 Å². The zero-order chi connectivity index (χ0) is 19.4. The molecule has 1 N–H and O–H groups in total. The van der Waals surface area contributed by atoms with Gasteiger partial charge in [-0.2, -0.15) is 0 Å². The highest BCUT2D eigenvalue weighted by Gasteiger charge is 2.45. The van der Waals surface area contributed by atoms with Gasteiger partial charge in [-0.3, -0.25) is 9.59 Å². The summed E-state index contributed by atoms with van der Waals surface area (Å²) in [6, 6.07) is 15.1. The molecule has 0 bridgehead atoms. The van der Waals surface area contributed by atoms with Crippen LogP contribution < -0.4 is 4.74 Å². The maximum atomic E-state index is 12.8. The van der Waals surface area contributed by atoms with Crippen LogP contribution in [-0.4, -0.2) is 49.1 Å². The molecule has 0 aromatic heterocycles. The highest BCUT2D eigenvalue weighted by atomic mass is 16.5. The van der Waals surface area contributed by atoms with Crippen molar-refractivity contribution in [1.82, 2.24) is 4.90 Å². The monoisotopic (exact) mass is 367 g/mol. The van der Waals surface area contributed by atoms with Crippen molar-refractivity contribution < 1.29 is 24.2 Å². The van der Waals surface area contributed by atoms with Crippen molar-refractivity contribution in [2.24, 2.45) is 0 Å². The van der Waals surface area contributed by atoms with Gasteiger partial charge in [-0.15, -0.1) is 0 Å². The molecule has 27 heavy (non-hydrogen) atoms. The van der Waals surface area contributed by atoms with E-state index >= 15 is 0 Å². The first-order valence-electron chi connectivity index (χ1n) is 8.55. The van der Waals surface area contributed by atoms with E-state index in [0.29, 0.717) is 16.9 Å². The fourth-order valence-electron chi connectivity index (χ4n) is 3.21. The number of aliphatic hydroxyl groups is 1. The number of benzene rings is 2. The van der Waals surface area contributed by atoms with Crippen LogP contribution in [0.25, 0.3) is 5.76 Å². The van der Waals surface area contributed by atoms with Crippen LogP contribution >= 0.6 is 0 Å². The van der Waals surface area contributed by atoms with Crippen LogP contribution in [-0.2, 0) is 14.3 Å². The smallest absolute Gasteiger partial charge is 0.295 e. The van der Waals surface area contributed by atoms with E-state index in [0.717, 1.165) is 0 Å². The van der Waals surface area contributed by atoms with Gasteiger partial charge >= 0.3 is 0 Å². The zero-order valence-electron chi connectivity index (χ0n) is 15.2. The van der Waals surface area contributed by atoms with E-state index in [-0.39, 0.29) is 24.5 Å².